The highest BCUT2D eigenvalue weighted by molar-refractivity contribution is 4.51. The predicted molar refractivity (Wildman–Crippen MR) is 44.9 cm³/mol. The quantitative estimate of drug-likeness (QED) is 0.498. The van der Waals surface area contributed by atoms with Gasteiger partial charge in [0.05, 0.1) is 0 Å². The van der Waals surface area contributed by atoms with Gasteiger partial charge in [-0.1, -0.05) is 33.1 Å². The van der Waals surface area contributed by atoms with E-state index in [1.165, 1.54) is 25.7 Å². The van der Waals surface area contributed by atoms with Crippen LogP contribution in [0.3, 0.4) is 0 Å². The van der Waals surface area contributed by atoms with Crippen molar-refractivity contribution in [3.63, 3.8) is 0 Å². The molecule has 0 aliphatic heterocycles. The maximum Gasteiger partial charge on any atom is 0.0495 e. The van der Waals surface area contributed by atoms with Gasteiger partial charge in [0, 0.05) is 13.2 Å². The molecule has 0 unspecified atom stereocenters. The van der Waals surface area contributed by atoms with Gasteiger partial charge in [0.2, 0.25) is 0 Å². The Balaban J connectivity index is 2.65. The normalized spacial score (nSPS) is 10.2. The number of hydrogen-bond donors (Lipinski definition) is 0. The van der Waals surface area contributed by atoms with Gasteiger partial charge in [-0.2, -0.15) is 0 Å². The predicted octanol–water partition coefficient (Wildman–Crippen LogP) is 2.81. The molecule has 0 atom stereocenters. The molecular formula is C9H19O. The minimum Gasteiger partial charge on any atom is -0.381 e. The van der Waals surface area contributed by atoms with E-state index in [0.717, 1.165) is 13.2 Å². The summed E-state index contributed by atoms with van der Waals surface area (Å²) in [4.78, 5) is 0. The van der Waals surface area contributed by atoms with Crippen LogP contribution in [0, 0.1) is 6.42 Å². The zero-order chi connectivity index (χ0) is 7.66. The van der Waals surface area contributed by atoms with Crippen molar-refractivity contribution >= 4 is 0 Å². The van der Waals surface area contributed by atoms with Gasteiger partial charge in [-0.05, 0) is 12.8 Å². The Hall–Kier alpha value is -0.0400. The Morgan fingerprint density at radius 2 is 2.00 bits per heavy atom. The van der Waals surface area contributed by atoms with Crippen molar-refractivity contribution in [3.05, 3.63) is 6.42 Å². The fourth-order valence-corrected chi connectivity index (χ4v) is 0.832. The van der Waals surface area contributed by atoms with Gasteiger partial charge < -0.3 is 4.74 Å². The van der Waals surface area contributed by atoms with Crippen LogP contribution in [-0.2, 0) is 4.74 Å². The van der Waals surface area contributed by atoms with E-state index in [-0.39, 0.29) is 0 Å². The second-order valence-electron chi connectivity index (χ2n) is 2.54. The summed E-state index contributed by atoms with van der Waals surface area (Å²) >= 11 is 0. The Morgan fingerprint density at radius 1 is 1.20 bits per heavy atom. The lowest BCUT2D eigenvalue weighted by molar-refractivity contribution is 0.149. The highest BCUT2D eigenvalue weighted by Crippen LogP contribution is 1.98. The molecule has 0 bridgehead atoms. The van der Waals surface area contributed by atoms with Crippen molar-refractivity contribution < 1.29 is 4.74 Å². The van der Waals surface area contributed by atoms with Crippen LogP contribution >= 0.6 is 0 Å². The molecule has 0 amide bonds. The van der Waals surface area contributed by atoms with Crippen molar-refractivity contribution in [2.24, 2.45) is 0 Å². The first-order valence-electron chi connectivity index (χ1n) is 4.27. The molecule has 0 N–H and O–H groups in total. The fourth-order valence-electron chi connectivity index (χ4n) is 0.832. The molecule has 61 valence electrons. The molecule has 0 fully saturated rings. The van der Waals surface area contributed by atoms with E-state index in [0.29, 0.717) is 0 Å². The van der Waals surface area contributed by atoms with E-state index in [1.807, 2.05) is 13.3 Å². The summed E-state index contributed by atoms with van der Waals surface area (Å²) in [5.74, 6) is 0. The largest absolute Gasteiger partial charge is 0.381 e. The van der Waals surface area contributed by atoms with Crippen molar-refractivity contribution in [3.8, 4) is 0 Å². The SMILES string of the molecule is C[CH]COCCCCCC. The maximum absolute atomic E-state index is 5.27. The van der Waals surface area contributed by atoms with Crippen LogP contribution in [0.1, 0.15) is 39.5 Å². The monoisotopic (exact) mass is 143 g/mol. The Kier molecular flexibility index (Phi) is 8.92. The molecule has 0 aliphatic carbocycles. The molecule has 0 aromatic rings. The Labute approximate surface area is 64.8 Å². The van der Waals surface area contributed by atoms with Crippen LogP contribution < -0.4 is 0 Å². The molecule has 0 aromatic heterocycles. The summed E-state index contributed by atoms with van der Waals surface area (Å²) in [6.45, 7) is 5.99. The van der Waals surface area contributed by atoms with Crippen LogP contribution in [0.4, 0.5) is 0 Å². The maximum atomic E-state index is 5.27. The van der Waals surface area contributed by atoms with Crippen molar-refractivity contribution in [2.75, 3.05) is 13.2 Å². The van der Waals surface area contributed by atoms with Crippen molar-refractivity contribution in [2.45, 2.75) is 39.5 Å². The lowest BCUT2D eigenvalue weighted by Gasteiger charge is -2.00. The highest BCUT2D eigenvalue weighted by atomic mass is 16.5. The smallest absolute Gasteiger partial charge is 0.0495 e. The lowest BCUT2D eigenvalue weighted by Crippen LogP contribution is -1.95. The molecule has 0 aromatic carbocycles. The summed E-state index contributed by atoms with van der Waals surface area (Å²) in [6, 6.07) is 0. The number of rotatable bonds is 7. The van der Waals surface area contributed by atoms with Gasteiger partial charge in [-0.25, -0.2) is 0 Å². The molecule has 0 saturated carbocycles. The molecule has 1 nitrogen and oxygen atoms in total. The van der Waals surface area contributed by atoms with E-state index in [9.17, 15) is 0 Å². The molecule has 0 rings (SSSR count). The minimum absolute atomic E-state index is 0.812. The van der Waals surface area contributed by atoms with Gasteiger partial charge >= 0.3 is 0 Å². The molecule has 1 heteroatoms. The molecule has 0 heterocycles. The third-order valence-electron chi connectivity index (χ3n) is 1.43. The Morgan fingerprint density at radius 3 is 2.60 bits per heavy atom. The average Bonchev–Trinajstić information content (AvgIpc) is 1.97. The molecule has 1 radical (unpaired) electrons. The van der Waals surface area contributed by atoms with Crippen molar-refractivity contribution in [1.29, 1.82) is 0 Å². The molecular weight excluding hydrogens is 124 g/mol. The third kappa shape index (κ3) is 7.96. The average molecular weight is 143 g/mol. The van der Waals surface area contributed by atoms with E-state index >= 15 is 0 Å². The summed E-state index contributed by atoms with van der Waals surface area (Å²) < 4.78 is 5.27. The van der Waals surface area contributed by atoms with Crippen LogP contribution in [0.5, 0.6) is 0 Å². The summed E-state index contributed by atoms with van der Waals surface area (Å²) in [5, 5.41) is 0. The number of unbranched alkanes of at least 4 members (excludes halogenated alkanes) is 3. The van der Waals surface area contributed by atoms with Gasteiger partial charge in [0.1, 0.15) is 0 Å². The molecule has 0 spiro atoms. The van der Waals surface area contributed by atoms with Crippen molar-refractivity contribution in [1.82, 2.24) is 0 Å². The number of ether oxygens (including phenoxy) is 1. The lowest BCUT2D eigenvalue weighted by atomic mass is 10.2. The fraction of sp³-hybridized carbons (Fsp3) is 0.889. The second kappa shape index (κ2) is 8.96. The first-order chi connectivity index (χ1) is 4.91. The van der Waals surface area contributed by atoms with Gasteiger partial charge in [0.15, 0.2) is 0 Å². The minimum atomic E-state index is 0.812. The van der Waals surface area contributed by atoms with E-state index < -0.39 is 0 Å². The zero-order valence-electron chi connectivity index (χ0n) is 7.23. The molecule has 0 aliphatic rings. The van der Waals surface area contributed by atoms with E-state index in [4.69, 9.17) is 4.74 Å². The Bertz CT molecular complexity index is 44.7. The van der Waals surface area contributed by atoms with Crippen LogP contribution in [0.2, 0.25) is 0 Å². The second-order valence-corrected chi connectivity index (χ2v) is 2.54. The first-order valence-corrected chi connectivity index (χ1v) is 4.27. The van der Waals surface area contributed by atoms with E-state index in [1.54, 1.807) is 0 Å². The number of hydrogen-bond acceptors (Lipinski definition) is 1. The van der Waals surface area contributed by atoms with Gasteiger partial charge in [0.25, 0.3) is 0 Å². The first kappa shape index (κ1) is 9.96. The van der Waals surface area contributed by atoms with Gasteiger partial charge in [-0.15, -0.1) is 0 Å². The summed E-state index contributed by atoms with van der Waals surface area (Å²) in [6.07, 6.45) is 7.24. The van der Waals surface area contributed by atoms with E-state index in [2.05, 4.69) is 6.92 Å². The van der Waals surface area contributed by atoms with Crippen LogP contribution in [0.25, 0.3) is 0 Å². The van der Waals surface area contributed by atoms with Crippen LogP contribution in [0.15, 0.2) is 0 Å². The summed E-state index contributed by atoms with van der Waals surface area (Å²) in [7, 11) is 0. The standard InChI is InChI=1S/C9H19O/c1-3-5-6-7-9-10-8-4-2/h4H,3,5-9H2,1-2H3. The van der Waals surface area contributed by atoms with Gasteiger partial charge in [-0.3, -0.25) is 0 Å². The zero-order valence-corrected chi connectivity index (χ0v) is 7.23. The molecule has 0 saturated heterocycles. The third-order valence-corrected chi connectivity index (χ3v) is 1.43. The summed E-state index contributed by atoms with van der Waals surface area (Å²) in [5.41, 5.74) is 0. The molecule has 10 heavy (non-hydrogen) atoms. The highest BCUT2D eigenvalue weighted by Gasteiger charge is 1.86. The van der Waals surface area contributed by atoms with Crippen LogP contribution in [-0.4, -0.2) is 13.2 Å². The topological polar surface area (TPSA) is 9.23 Å².